The molecule has 0 saturated carbocycles. The largest absolute Gasteiger partial charge is 0.461 e. The van der Waals surface area contributed by atoms with Gasteiger partial charge < -0.3 is 14.8 Å². The number of H-pyrrole nitrogens is 1. The topological polar surface area (TPSA) is 62.3 Å². The van der Waals surface area contributed by atoms with Gasteiger partial charge in [0.1, 0.15) is 5.69 Å². The number of carbonyl (C=O) groups excluding carboxylic acids is 1. The number of rotatable bonds is 6. The molecule has 2 rings (SSSR count). The highest BCUT2D eigenvalue weighted by molar-refractivity contribution is 5.94. The lowest BCUT2D eigenvalue weighted by Crippen LogP contribution is -2.04. The summed E-state index contributed by atoms with van der Waals surface area (Å²) in [6, 6.07) is 7.92. The van der Waals surface area contributed by atoms with Crippen molar-refractivity contribution in [2.75, 3.05) is 13.2 Å². The van der Waals surface area contributed by atoms with E-state index in [2.05, 4.69) is 11.1 Å². The van der Waals surface area contributed by atoms with E-state index in [-0.39, 0.29) is 12.6 Å². The summed E-state index contributed by atoms with van der Waals surface area (Å²) >= 11 is 0. The monoisotopic (exact) mass is 261 g/mol. The molecule has 1 heterocycles. The van der Waals surface area contributed by atoms with E-state index < -0.39 is 0 Å². The van der Waals surface area contributed by atoms with Gasteiger partial charge in [-0.25, -0.2) is 4.79 Å². The highest BCUT2D eigenvalue weighted by Gasteiger charge is 2.10. The maximum Gasteiger partial charge on any atom is 0.354 e. The molecular formula is C15H19NO3. The number of aromatic amines is 1. The third kappa shape index (κ3) is 3.35. The summed E-state index contributed by atoms with van der Waals surface area (Å²) in [5, 5.41) is 9.79. The van der Waals surface area contributed by atoms with Crippen LogP contribution < -0.4 is 0 Å². The Morgan fingerprint density at radius 3 is 2.89 bits per heavy atom. The van der Waals surface area contributed by atoms with Gasteiger partial charge in [-0.2, -0.15) is 0 Å². The van der Waals surface area contributed by atoms with E-state index in [9.17, 15) is 4.79 Å². The molecule has 2 aromatic rings. The Hall–Kier alpha value is -1.81. The third-order valence-corrected chi connectivity index (χ3v) is 3.05. The molecule has 1 aromatic heterocycles. The lowest BCUT2D eigenvalue weighted by Gasteiger charge is -2.00. The summed E-state index contributed by atoms with van der Waals surface area (Å²) < 4.78 is 4.97. The number of fused-ring (bicyclic) bond motifs is 1. The fraction of sp³-hybridized carbons (Fsp3) is 0.400. The highest BCUT2D eigenvalue weighted by Crippen LogP contribution is 2.19. The molecular weight excluding hydrogens is 242 g/mol. The number of aliphatic hydroxyl groups excluding tert-OH is 1. The maximum atomic E-state index is 11.6. The van der Waals surface area contributed by atoms with Gasteiger partial charge in [0, 0.05) is 17.5 Å². The van der Waals surface area contributed by atoms with Crippen molar-refractivity contribution in [2.24, 2.45) is 0 Å². The molecule has 0 amide bonds. The number of aryl methyl sites for hydroxylation is 1. The van der Waals surface area contributed by atoms with Gasteiger partial charge in [-0.15, -0.1) is 0 Å². The number of nitrogens with one attached hydrogen (secondary N) is 1. The number of carbonyl (C=O) groups is 1. The summed E-state index contributed by atoms with van der Waals surface area (Å²) in [5.74, 6) is -0.319. The zero-order valence-electron chi connectivity index (χ0n) is 11.1. The predicted octanol–water partition coefficient (Wildman–Crippen LogP) is 2.66. The van der Waals surface area contributed by atoms with Gasteiger partial charge in [-0.05, 0) is 49.9 Å². The van der Waals surface area contributed by atoms with E-state index in [0.717, 1.165) is 30.2 Å². The Morgan fingerprint density at radius 1 is 1.32 bits per heavy atom. The van der Waals surface area contributed by atoms with E-state index in [1.165, 1.54) is 5.56 Å². The standard InChI is InChI=1S/C15H19NO3/c1-2-19-15(18)14-10-12-9-11(5-3-4-8-17)6-7-13(12)16-14/h6-7,9-10,16-17H,2-5,8H2,1H3. The molecule has 1 aromatic carbocycles. The smallest absolute Gasteiger partial charge is 0.354 e. The first-order valence-corrected chi connectivity index (χ1v) is 6.64. The Morgan fingerprint density at radius 2 is 2.16 bits per heavy atom. The molecule has 0 atom stereocenters. The van der Waals surface area contributed by atoms with E-state index >= 15 is 0 Å². The van der Waals surface area contributed by atoms with Crippen LogP contribution in [0, 0.1) is 0 Å². The van der Waals surface area contributed by atoms with Crippen molar-refractivity contribution in [3.8, 4) is 0 Å². The first-order valence-electron chi connectivity index (χ1n) is 6.64. The van der Waals surface area contributed by atoms with Crippen molar-refractivity contribution in [1.82, 2.24) is 4.98 Å². The van der Waals surface area contributed by atoms with Crippen LogP contribution in [-0.4, -0.2) is 29.3 Å². The van der Waals surface area contributed by atoms with Gasteiger partial charge in [-0.1, -0.05) is 6.07 Å². The Labute approximate surface area is 112 Å². The van der Waals surface area contributed by atoms with Crippen LogP contribution in [-0.2, 0) is 11.2 Å². The quantitative estimate of drug-likeness (QED) is 0.620. The van der Waals surface area contributed by atoms with Crippen molar-refractivity contribution in [1.29, 1.82) is 0 Å². The normalized spacial score (nSPS) is 10.8. The van der Waals surface area contributed by atoms with Gasteiger partial charge >= 0.3 is 5.97 Å². The molecule has 4 nitrogen and oxygen atoms in total. The van der Waals surface area contributed by atoms with E-state index in [4.69, 9.17) is 9.84 Å². The third-order valence-electron chi connectivity index (χ3n) is 3.05. The summed E-state index contributed by atoms with van der Waals surface area (Å²) in [4.78, 5) is 14.7. The van der Waals surface area contributed by atoms with Gasteiger partial charge in [0.2, 0.25) is 0 Å². The first kappa shape index (κ1) is 13.6. The van der Waals surface area contributed by atoms with Crippen molar-refractivity contribution in [2.45, 2.75) is 26.2 Å². The fourth-order valence-electron chi connectivity index (χ4n) is 2.10. The second-order valence-electron chi connectivity index (χ2n) is 4.51. The van der Waals surface area contributed by atoms with Gasteiger partial charge in [-0.3, -0.25) is 0 Å². The second kappa shape index (κ2) is 6.38. The van der Waals surface area contributed by atoms with Crippen molar-refractivity contribution in [3.05, 3.63) is 35.5 Å². The van der Waals surface area contributed by atoms with Crippen LogP contribution in [0.2, 0.25) is 0 Å². The van der Waals surface area contributed by atoms with Crippen molar-refractivity contribution in [3.63, 3.8) is 0 Å². The lowest BCUT2D eigenvalue weighted by molar-refractivity contribution is 0.0520. The van der Waals surface area contributed by atoms with Crippen LogP contribution in [0.15, 0.2) is 24.3 Å². The Kier molecular flexibility index (Phi) is 4.58. The molecule has 0 saturated heterocycles. The number of ether oxygens (including phenoxy) is 1. The maximum absolute atomic E-state index is 11.6. The molecule has 0 unspecified atom stereocenters. The summed E-state index contributed by atoms with van der Waals surface area (Å²) in [5.41, 5.74) is 2.65. The molecule has 4 heteroatoms. The molecule has 102 valence electrons. The number of unbranched alkanes of at least 4 members (excludes halogenated alkanes) is 1. The number of esters is 1. The summed E-state index contributed by atoms with van der Waals surface area (Å²) in [6.07, 6.45) is 2.73. The summed E-state index contributed by atoms with van der Waals surface area (Å²) in [7, 11) is 0. The van der Waals surface area contributed by atoms with E-state index in [0.29, 0.717) is 12.3 Å². The number of hydrogen-bond donors (Lipinski definition) is 2. The lowest BCUT2D eigenvalue weighted by atomic mass is 10.1. The van der Waals surface area contributed by atoms with Crippen LogP contribution in [0.3, 0.4) is 0 Å². The average Bonchev–Trinajstić information content (AvgIpc) is 2.82. The minimum Gasteiger partial charge on any atom is -0.461 e. The average molecular weight is 261 g/mol. The molecule has 0 radical (unpaired) electrons. The second-order valence-corrected chi connectivity index (χ2v) is 4.51. The molecule has 2 N–H and O–H groups in total. The molecule has 0 aliphatic rings. The minimum absolute atomic E-state index is 0.236. The number of aliphatic hydroxyl groups is 1. The molecule has 0 aliphatic carbocycles. The zero-order valence-corrected chi connectivity index (χ0v) is 11.1. The molecule has 19 heavy (non-hydrogen) atoms. The van der Waals surface area contributed by atoms with Gasteiger partial charge in [0.25, 0.3) is 0 Å². The first-order chi connectivity index (χ1) is 9.24. The van der Waals surface area contributed by atoms with Gasteiger partial charge in [0.05, 0.1) is 6.61 Å². The number of hydrogen-bond acceptors (Lipinski definition) is 3. The highest BCUT2D eigenvalue weighted by atomic mass is 16.5. The fourth-order valence-corrected chi connectivity index (χ4v) is 2.10. The zero-order chi connectivity index (χ0) is 13.7. The predicted molar refractivity (Wildman–Crippen MR) is 74.3 cm³/mol. The molecule has 0 bridgehead atoms. The summed E-state index contributed by atoms with van der Waals surface area (Å²) in [6.45, 7) is 2.40. The molecule has 0 fully saturated rings. The van der Waals surface area contributed by atoms with Crippen molar-refractivity contribution >= 4 is 16.9 Å². The van der Waals surface area contributed by atoms with Crippen LogP contribution >= 0.6 is 0 Å². The molecule has 0 aliphatic heterocycles. The SMILES string of the molecule is CCOC(=O)c1cc2cc(CCCCO)ccc2[nH]1. The van der Waals surface area contributed by atoms with Crippen LogP contribution in [0.25, 0.3) is 10.9 Å². The van der Waals surface area contributed by atoms with Gasteiger partial charge in [0.15, 0.2) is 0 Å². The molecule has 0 spiro atoms. The number of aromatic nitrogens is 1. The van der Waals surface area contributed by atoms with Crippen LogP contribution in [0.5, 0.6) is 0 Å². The van der Waals surface area contributed by atoms with E-state index in [1.807, 2.05) is 18.2 Å². The Balaban J connectivity index is 2.16. The van der Waals surface area contributed by atoms with Crippen LogP contribution in [0.4, 0.5) is 0 Å². The van der Waals surface area contributed by atoms with Crippen molar-refractivity contribution < 1.29 is 14.6 Å². The Bertz CT molecular complexity index is 560. The minimum atomic E-state index is -0.319. The van der Waals surface area contributed by atoms with Crippen LogP contribution in [0.1, 0.15) is 35.8 Å². The number of benzene rings is 1. The van der Waals surface area contributed by atoms with E-state index in [1.54, 1.807) is 6.92 Å².